The standard InChI is InChI=1S/C21H25N3O3/c1-16(2)18-5-3-17(4-6-18)15-22-11-13-23(14-12-22)21(25)19-7-9-20(10-8-19)24(26)27/h3-10,16H,11-15H2,1-2H3/p+1. The van der Waals surface area contributed by atoms with Crippen LogP contribution in [0.3, 0.4) is 0 Å². The fourth-order valence-electron chi connectivity index (χ4n) is 3.42. The Hall–Kier alpha value is -2.73. The van der Waals surface area contributed by atoms with Crippen molar-refractivity contribution in [1.82, 2.24) is 4.90 Å². The van der Waals surface area contributed by atoms with Crippen LogP contribution in [0, 0.1) is 10.1 Å². The summed E-state index contributed by atoms with van der Waals surface area (Å²) in [4.78, 5) is 26.2. The van der Waals surface area contributed by atoms with Crippen molar-refractivity contribution >= 4 is 11.6 Å². The lowest BCUT2D eigenvalue weighted by Crippen LogP contribution is -3.13. The molecule has 1 amide bonds. The van der Waals surface area contributed by atoms with Crippen molar-refractivity contribution in [2.45, 2.75) is 26.3 Å². The molecule has 0 bridgehead atoms. The molecule has 3 rings (SSSR count). The molecule has 0 unspecified atom stereocenters. The summed E-state index contributed by atoms with van der Waals surface area (Å²) in [5.74, 6) is 0.491. The Balaban J connectivity index is 1.53. The molecule has 0 spiro atoms. The molecule has 1 N–H and O–H groups in total. The van der Waals surface area contributed by atoms with Gasteiger partial charge >= 0.3 is 0 Å². The molecular formula is C21H26N3O3+. The number of carbonyl (C=O) groups is 1. The molecule has 0 aliphatic carbocycles. The van der Waals surface area contributed by atoms with Gasteiger partial charge in [-0.05, 0) is 23.6 Å². The first-order valence-corrected chi connectivity index (χ1v) is 9.40. The van der Waals surface area contributed by atoms with E-state index in [1.54, 1.807) is 0 Å². The van der Waals surface area contributed by atoms with Crippen LogP contribution in [0.2, 0.25) is 0 Å². The monoisotopic (exact) mass is 368 g/mol. The molecule has 6 heteroatoms. The predicted molar refractivity (Wildman–Crippen MR) is 104 cm³/mol. The Kier molecular flexibility index (Phi) is 5.86. The van der Waals surface area contributed by atoms with Gasteiger partial charge < -0.3 is 9.80 Å². The van der Waals surface area contributed by atoms with E-state index in [-0.39, 0.29) is 11.6 Å². The lowest BCUT2D eigenvalue weighted by molar-refractivity contribution is -0.917. The van der Waals surface area contributed by atoms with E-state index in [0.717, 1.165) is 19.6 Å². The summed E-state index contributed by atoms with van der Waals surface area (Å²) >= 11 is 0. The van der Waals surface area contributed by atoms with Crippen LogP contribution in [-0.4, -0.2) is 41.9 Å². The summed E-state index contributed by atoms with van der Waals surface area (Å²) < 4.78 is 0. The second-order valence-electron chi connectivity index (χ2n) is 7.42. The fourth-order valence-corrected chi connectivity index (χ4v) is 3.42. The molecular weight excluding hydrogens is 342 g/mol. The summed E-state index contributed by atoms with van der Waals surface area (Å²) in [6.07, 6.45) is 0. The summed E-state index contributed by atoms with van der Waals surface area (Å²) in [6.45, 7) is 8.58. The quantitative estimate of drug-likeness (QED) is 0.650. The van der Waals surface area contributed by atoms with Crippen LogP contribution in [0.1, 0.15) is 41.3 Å². The second-order valence-corrected chi connectivity index (χ2v) is 7.42. The average Bonchev–Trinajstić information content (AvgIpc) is 2.68. The molecule has 1 saturated heterocycles. The van der Waals surface area contributed by atoms with Crippen molar-refractivity contribution in [3.05, 3.63) is 75.3 Å². The van der Waals surface area contributed by atoms with Gasteiger partial charge in [-0.15, -0.1) is 0 Å². The van der Waals surface area contributed by atoms with E-state index >= 15 is 0 Å². The minimum absolute atomic E-state index is 0.00398. The number of quaternary nitrogens is 1. The first-order valence-electron chi connectivity index (χ1n) is 9.40. The second kappa shape index (κ2) is 8.31. The molecule has 1 aliphatic heterocycles. The molecule has 6 nitrogen and oxygen atoms in total. The first-order chi connectivity index (χ1) is 12.9. The number of hydrogen-bond acceptors (Lipinski definition) is 3. The number of nitrogens with one attached hydrogen (secondary N) is 1. The topological polar surface area (TPSA) is 67.9 Å². The third-order valence-electron chi connectivity index (χ3n) is 5.18. The highest BCUT2D eigenvalue weighted by Crippen LogP contribution is 2.15. The van der Waals surface area contributed by atoms with Gasteiger partial charge in [-0.3, -0.25) is 14.9 Å². The van der Waals surface area contributed by atoms with Crippen LogP contribution in [-0.2, 0) is 6.54 Å². The molecule has 0 saturated carbocycles. The molecule has 1 fully saturated rings. The van der Waals surface area contributed by atoms with Gasteiger partial charge in [-0.25, -0.2) is 0 Å². The zero-order chi connectivity index (χ0) is 19.4. The Morgan fingerprint density at radius 2 is 1.67 bits per heavy atom. The van der Waals surface area contributed by atoms with E-state index in [0.29, 0.717) is 24.6 Å². The number of rotatable bonds is 5. The smallest absolute Gasteiger partial charge is 0.269 e. The van der Waals surface area contributed by atoms with E-state index in [2.05, 4.69) is 38.1 Å². The van der Waals surface area contributed by atoms with Crippen molar-refractivity contribution < 1.29 is 14.6 Å². The van der Waals surface area contributed by atoms with E-state index in [9.17, 15) is 14.9 Å². The molecule has 142 valence electrons. The number of amides is 1. The SMILES string of the molecule is CC(C)c1ccc(C[NH+]2CCN(C(=O)c3ccc([N+](=O)[O-])cc3)CC2)cc1. The highest BCUT2D eigenvalue weighted by molar-refractivity contribution is 5.94. The number of carbonyl (C=O) groups excluding carboxylic acids is 1. The fraction of sp³-hybridized carbons (Fsp3) is 0.381. The van der Waals surface area contributed by atoms with Crippen LogP contribution < -0.4 is 4.90 Å². The number of non-ortho nitro benzene ring substituents is 1. The molecule has 0 atom stereocenters. The van der Waals surface area contributed by atoms with Gasteiger partial charge in [0, 0.05) is 23.3 Å². The maximum atomic E-state index is 12.6. The van der Waals surface area contributed by atoms with E-state index in [1.165, 1.54) is 40.3 Å². The Labute approximate surface area is 159 Å². The Morgan fingerprint density at radius 1 is 1.07 bits per heavy atom. The van der Waals surface area contributed by atoms with Gasteiger partial charge in [0.25, 0.3) is 11.6 Å². The van der Waals surface area contributed by atoms with E-state index in [1.807, 2.05) is 4.90 Å². The summed E-state index contributed by atoms with van der Waals surface area (Å²) in [7, 11) is 0. The van der Waals surface area contributed by atoms with Crippen molar-refractivity contribution in [2.24, 2.45) is 0 Å². The number of nitro groups is 1. The van der Waals surface area contributed by atoms with Crippen molar-refractivity contribution in [3.63, 3.8) is 0 Å². The third kappa shape index (κ3) is 4.71. The highest BCUT2D eigenvalue weighted by atomic mass is 16.6. The maximum absolute atomic E-state index is 12.6. The first kappa shape index (κ1) is 19.0. The molecule has 1 heterocycles. The van der Waals surface area contributed by atoms with Crippen LogP contribution in [0.25, 0.3) is 0 Å². The molecule has 27 heavy (non-hydrogen) atoms. The summed E-state index contributed by atoms with van der Waals surface area (Å²) in [6, 6.07) is 14.7. The largest absolute Gasteiger partial charge is 0.328 e. The molecule has 2 aromatic rings. The van der Waals surface area contributed by atoms with Crippen LogP contribution in [0.5, 0.6) is 0 Å². The van der Waals surface area contributed by atoms with Gasteiger partial charge in [0.2, 0.25) is 0 Å². The molecule has 0 aromatic heterocycles. The van der Waals surface area contributed by atoms with E-state index < -0.39 is 4.92 Å². The van der Waals surface area contributed by atoms with Gasteiger partial charge in [-0.2, -0.15) is 0 Å². The summed E-state index contributed by atoms with van der Waals surface area (Å²) in [5, 5.41) is 10.7. The number of piperazine rings is 1. The Bertz CT molecular complexity index is 792. The van der Waals surface area contributed by atoms with Crippen molar-refractivity contribution in [2.75, 3.05) is 26.2 Å². The normalized spacial score (nSPS) is 15.1. The minimum atomic E-state index is -0.454. The number of nitro benzene ring substituents is 1. The molecule has 1 aliphatic rings. The average molecular weight is 368 g/mol. The van der Waals surface area contributed by atoms with Gasteiger partial charge in [0.1, 0.15) is 6.54 Å². The lowest BCUT2D eigenvalue weighted by atomic mass is 10.0. The third-order valence-corrected chi connectivity index (χ3v) is 5.18. The van der Waals surface area contributed by atoms with Crippen LogP contribution in [0.15, 0.2) is 48.5 Å². The lowest BCUT2D eigenvalue weighted by Gasteiger charge is -2.32. The molecule has 2 aromatic carbocycles. The number of hydrogen-bond donors (Lipinski definition) is 1. The van der Waals surface area contributed by atoms with Crippen molar-refractivity contribution in [3.8, 4) is 0 Å². The number of nitrogens with zero attached hydrogens (tertiary/aromatic N) is 2. The van der Waals surface area contributed by atoms with Gasteiger partial charge in [-0.1, -0.05) is 38.1 Å². The predicted octanol–water partition coefficient (Wildman–Crippen LogP) is 2.26. The van der Waals surface area contributed by atoms with Gasteiger partial charge in [0.05, 0.1) is 31.1 Å². The zero-order valence-corrected chi connectivity index (χ0v) is 15.9. The Morgan fingerprint density at radius 3 is 2.19 bits per heavy atom. The minimum Gasteiger partial charge on any atom is -0.328 e. The maximum Gasteiger partial charge on any atom is 0.269 e. The van der Waals surface area contributed by atoms with Crippen molar-refractivity contribution in [1.29, 1.82) is 0 Å². The summed E-state index contributed by atoms with van der Waals surface area (Å²) in [5.41, 5.74) is 3.19. The molecule has 0 radical (unpaired) electrons. The van der Waals surface area contributed by atoms with Gasteiger partial charge in [0.15, 0.2) is 0 Å². The van der Waals surface area contributed by atoms with Crippen LogP contribution >= 0.6 is 0 Å². The zero-order valence-electron chi connectivity index (χ0n) is 15.9. The van der Waals surface area contributed by atoms with Crippen LogP contribution in [0.4, 0.5) is 5.69 Å². The number of benzene rings is 2. The van der Waals surface area contributed by atoms with E-state index in [4.69, 9.17) is 0 Å². The highest BCUT2D eigenvalue weighted by Gasteiger charge is 2.25.